The van der Waals surface area contributed by atoms with Gasteiger partial charge in [0.2, 0.25) is 5.91 Å². The second-order valence-electron chi connectivity index (χ2n) is 5.45. The zero-order chi connectivity index (χ0) is 15.2. The Kier molecular flexibility index (Phi) is 5.33. The molecule has 1 fully saturated rings. The van der Waals surface area contributed by atoms with E-state index in [-0.39, 0.29) is 23.8 Å². The maximum atomic E-state index is 11.9. The van der Waals surface area contributed by atoms with Crippen LogP contribution in [-0.4, -0.2) is 29.6 Å². The fraction of sp³-hybridized carbons (Fsp3) is 0.500. The van der Waals surface area contributed by atoms with Crippen molar-refractivity contribution < 1.29 is 14.7 Å². The van der Waals surface area contributed by atoms with Gasteiger partial charge in [-0.1, -0.05) is 6.92 Å². The molecule has 2 rings (SSSR count). The molecule has 5 heteroatoms. The lowest BCUT2D eigenvalue weighted by Gasteiger charge is -2.09. The molecule has 5 nitrogen and oxygen atoms in total. The normalized spacial score (nSPS) is 15.3. The van der Waals surface area contributed by atoms with Gasteiger partial charge in [-0.3, -0.25) is 9.59 Å². The van der Waals surface area contributed by atoms with Crippen molar-refractivity contribution in [3.63, 3.8) is 0 Å². The molecule has 0 aliphatic heterocycles. The number of rotatable bonds is 7. The van der Waals surface area contributed by atoms with E-state index in [1.165, 1.54) is 0 Å². The summed E-state index contributed by atoms with van der Waals surface area (Å²) in [5.41, 5.74) is 1.26. The molecule has 0 saturated heterocycles. The summed E-state index contributed by atoms with van der Waals surface area (Å²) in [7, 11) is 0. The van der Waals surface area contributed by atoms with Gasteiger partial charge in [-0.05, 0) is 49.9 Å². The molecular weight excluding hydrogens is 268 g/mol. The van der Waals surface area contributed by atoms with Gasteiger partial charge in [0.25, 0.3) is 5.91 Å². The lowest BCUT2D eigenvalue weighted by atomic mass is 10.1. The lowest BCUT2D eigenvalue weighted by Crippen LogP contribution is -2.27. The molecule has 0 radical (unpaired) electrons. The maximum absolute atomic E-state index is 11.9. The molecule has 1 unspecified atom stereocenters. The fourth-order valence-corrected chi connectivity index (χ4v) is 1.95. The van der Waals surface area contributed by atoms with E-state index in [2.05, 4.69) is 10.6 Å². The van der Waals surface area contributed by atoms with Crippen molar-refractivity contribution in [2.75, 3.05) is 11.9 Å². The van der Waals surface area contributed by atoms with E-state index in [0.29, 0.717) is 30.6 Å². The van der Waals surface area contributed by atoms with Crippen molar-refractivity contribution in [2.45, 2.75) is 38.7 Å². The minimum Gasteiger partial charge on any atom is -0.393 e. The number of carbonyl (C=O) groups is 2. The van der Waals surface area contributed by atoms with Gasteiger partial charge in [0.1, 0.15) is 0 Å². The number of hydrogen-bond acceptors (Lipinski definition) is 3. The Labute approximate surface area is 124 Å². The number of anilines is 1. The zero-order valence-corrected chi connectivity index (χ0v) is 12.3. The van der Waals surface area contributed by atoms with Gasteiger partial charge >= 0.3 is 0 Å². The van der Waals surface area contributed by atoms with E-state index in [1.54, 1.807) is 24.3 Å². The summed E-state index contributed by atoms with van der Waals surface area (Å²) in [6.07, 6.45) is 2.81. The van der Waals surface area contributed by atoms with Crippen molar-refractivity contribution in [1.82, 2.24) is 5.32 Å². The molecule has 1 aromatic rings. The average Bonchev–Trinajstić information content (AvgIpc) is 3.32. The number of hydrogen-bond donors (Lipinski definition) is 3. The van der Waals surface area contributed by atoms with Crippen LogP contribution in [0.15, 0.2) is 24.3 Å². The Morgan fingerprint density at radius 3 is 2.52 bits per heavy atom. The van der Waals surface area contributed by atoms with Crippen LogP contribution < -0.4 is 10.6 Å². The second-order valence-corrected chi connectivity index (χ2v) is 5.45. The summed E-state index contributed by atoms with van der Waals surface area (Å²) in [5, 5.41) is 15.0. The molecule has 2 amide bonds. The minimum atomic E-state index is -0.370. The van der Waals surface area contributed by atoms with Crippen molar-refractivity contribution in [3.05, 3.63) is 29.8 Å². The SMILES string of the molecule is CCC(O)CCNC(=O)c1ccc(NC(=O)C2CC2)cc1. The van der Waals surface area contributed by atoms with Crippen LogP contribution >= 0.6 is 0 Å². The van der Waals surface area contributed by atoms with E-state index < -0.39 is 0 Å². The highest BCUT2D eigenvalue weighted by Crippen LogP contribution is 2.30. The van der Waals surface area contributed by atoms with E-state index in [9.17, 15) is 14.7 Å². The third kappa shape index (κ3) is 4.86. The van der Waals surface area contributed by atoms with Gasteiger partial charge in [0.15, 0.2) is 0 Å². The van der Waals surface area contributed by atoms with Crippen LogP contribution in [0.2, 0.25) is 0 Å². The third-order valence-electron chi connectivity index (χ3n) is 3.60. The molecule has 114 valence electrons. The Balaban J connectivity index is 1.80. The predicted molar refractivity (Wildman–Crippen MR) is 81.0 cm³/mol. The quantitative estimate of drug-likeness (QED) is 0.718. The smallest absolute Gasteiger partial charge is 0.251 e. The maximum Gasteiger partial charge on any atom is 0.251 e. The molecule has 21 heavy (non-hydrogen) atoms. The topological polar surface area (TPSA) is 78.4 Å². The van der Waals surface area contributed by atoms with Crippen LogP contribution in [0.1, 0.15) is 43.0 Å². The Morgan fingerprint density at radius 1 is 1.29 bits per heavy atom. The van der Waals surface area contributed by atoms with Crippen molar-refractivity contribution in [3.8, 4) is 0 Å². The molecule has 0 spiro atoms. The molecule has 1 aromatic carbocycles. The molecule has 1 atom stereocenters. The number of carbonyl (C=O) groups excluding carboxylic acids is 2. The highest BCUT2D eigenvalue weighted by molar-refractivity contribution is 5.96. The Hall–Kier alpha value is -1.88. The van der Waals surface area contributed by atoms with E-state index in [4.69, 9.17) is 0 Å². The largest absolute Gasteiger partial charge is 0.393 e. The Bertz CT molecular complexity index is 495. The first-order chi connectivity index (χ1) is 10.1. The van der Waals surface area contributed by atoms with Gasteiger partial charge in [0.05, 0.1) is 6.10 Å². The highest BCUT2D eigenvalue weighted by atomic mass is 16.3. The number of amides is 2. The van der Waals surface area contributed by atoms with Crippen LogP contribution in [0, 0.1) is 5.92 Å². The van der Waals surface area contributed by atoms with E-state index in [0.717, 1.165) is 12.8 Å². The summed E-state index contributed by atoms with van der Waals surface area (Å²) in [5.74, 6) is 0.0529. The number of aliphatic hydroxyl groups excluding tert-OH is 1. The Morgan fingerprint density at radius 2 is 1.95 bits per heavy atom. The lowest BCUT2D eigenvalue weighted by molar-refractivity contribution is -0.117. The van der Waals surface area contributed by atoms with Crippen molar-refractivity contribution >= 4 is 17.5 Å². The first-order valence-electron chi connectivity index (χ1n) is 7.47. The first kappa shape index (κ1) is 15.5. The molecule has 1 saturated carbocycles. The van der Waals surface area contributed by atoms with Crippen LogP contribution in [0.5, 0.6) is 0 Å². The van der Waals surface area contributed by atoms with Gasteiger partial charge in [-0.15, -0.1) is 0 Å². The second kappa shape index (κ2) is 7.22. The highest BCUT2D eigenvalue weighted by Gasteiger charge is 2.29. The van der Waals surface area contributed by atoms with Gasteiger partial charge in [-0.25, -0.2) is 0 Å². The van der Waals surface area contributed by atoms with Crippen LogP contribution in [0.25, 0.3) is 0 Å². The summed E-state index contributed by atoms with van der Waals surface area (Å²) in [6.45, 7) is 2.36. The average molecular weight is 290 g/mol. The monoisotopic (exact) mass is 290 g/mol. The molecule has 3 N–H and O–H groups in total. The number of aliphatic hydroxyl groups is 1. The van der Waals surface area contributed by atoms with Gasteiger partial charge in [-0.2, -0.15) is 0 Å². The summed E-state index contributed by atoms with van der Waals surface area (Å²) >= 11 is 0. The van der Waals surface area contributed by atoms with E-state index >= 15 is 0 Å². The van der Waals surface area contributed by atoms with Crippen LogP contribution in [0.4, 0.5) is 5.69 Å². The zero-order valence-electron chi connectivity index (χ0n) is 12.3. The number of nitrogens with one attached hydrogen (secondary N) is 2. The first-order valence-corrected chi connectivity index (χ1v) is 7.47. The minimum absolute atomic E-state index is 0.0563. The molecule has 0 bridgehead atoms. The van der Waals surface area contributed by atoms with Crippen LogP contribution in [-0.2, 0) is 4.79 Å². The van der Waals surface area contributed by atoms with E-state index in [1.807, 2.05) is 6.92 Å². The van der Waals surface area contributed by atoms with Crippen molar-refractivity contribution in [1.29, 1.82) is 0 Å². The van der Waals surface area contributed by atoms with Crippen LogP contribution in [0.3, 0.4) is 0 Å². The summed E-state index contributed by atoms with van der Waals surface area (Å²) in [6, 6.07) is 6.84. The summed E-state index contributed by atoms with van der Waals surface area (Å²) < 4.78 is 0. The van der Waals surface area contributed by atoms with Crippen molar-refractivity contribution in [2.24, 2.45) is 5.92 Å². The predicted octanol–water partition coefficient (Wildman–Crippen LogP) is 1.93. The number of benzene rings is 1. The van der Waals surface area contributed by atoms with Gasteiger partial charge in [0, 0.05) is 23.7 Å². The fourth-order valence-electron chi connectivity index (χ4n) is 1.95. The molecule has 1 aliphatic rings. The molecule has 0 aromatic heterocycles. The molecular formula is C16H22N2O3. The molecule has 0 heterocycles. The molecule has 1 aliphatic carbocycles. The third-order valence-corrected chi connectivity index (χ3v) is 3.60. The van der Waals surface area contributed by atoms with Gasteiger partial charge < -0.3 is 15.7 Å². The summed E-state index contributed by atoms with van der Waals surface area (Å²) in [4.78, 5) is 23.5. The standard InChI is InChI=1S/C16H22N2O3/c1-2-14(19)9-10-17-15(20)11-5-7-13(8-6-11)18-16(21)12-3-4-12/h5-8,12,14,19H,2-4,9-10H2,1H3,(H,17,20)(H,18,21).